The molecule has 11 aromatic rings. The molecule has 0 spiro atoms. The van der Waals surface area contributed by atoms with Gasteiger partial charge in [-0.2, -0.15) is 5.10 Å². The predicted octanol–water partition coefficient (Wildman–Crippen LogP) is 14.0. The maximum absolute atomic E-state index is 5.35. The van der Waals surface area contributed by atoms with E-state index in [0.717, 1.165) is 88.7 Å². The Morgan fingerprint density at radius 3 is 1.41 bits per heavy atom. The van der Waals surface area contributed by atoms with Gasteiger partial charge in [0.15, 0.2) is 17.5 Å². The number of hydrogen-bond donors (Lipinski definition) is 0. The summed E-state index contributed by atoms with van der Waals surface area (Å²) in [5.74, 6) is 1.89. The summed E-state index contributed by atoms with van der Waals surface area (Å²) in [5.41, 5.74) is 13.6. The van der Waals surface area contributed by atoms with Crippen LogP contribution in [0.25, 0.3) is 106 Å². The molecular formula is C56H37N5. The topological polar surface area (TPSA) is 56.5 Å². The third-order valence-corrected chi connectivity index (χ3v) is 11.3. The van der Waals surface area contributed by atoms with Crippen molar-refractivity contribution in [2.45, 2.75) is 0 Å². The lowest BCUT2D eigenvalue weighted by Crippen LogP contribution is -2.00. The van der Waals surface area contributed by atoms with E-state index in [1.807, 2.05) is 42.5 Å². The molecule has 2 aromatic heterocycles. The number of benzene rings is 9. The van der Waals surface area contributed by atoms with Crippen molar-refractivity contribution in [3.05, 3.63) is 224 Å². The fraction of sp³-hybridized carbons (Fsp3) is 0. The Balaban J connectivity index is 1.01. The number of rotatable bonds is 8. The van der Waals surface area contributed by atoms with Crippen LogP contribution in [-0.4, -0.2) is 24.7 Å². The van der Waals surface area contributed by atoms with E-state index in [4.69, 9.17) is 20.1 Å². The molecular weight excluding hydrogens is 743 g/mol. The van der Waals surface area contributed by atoms with E-state index < -0.39 is 0 Å². The smallest absolute Gasteiger partial charge is 0.164 e. The van der Waals surface area contributed by atoms with Gasteiger partial charge in [-0.05, 0) is 69.1 Å². The molecule has 0 amide bonds. The van der Waals surface area contributed by atoms with E-state index in [0.29, 0.717) is 17.5 Å². The summed E-state index contributed by atoms with van der Waals surface area (Å²) in [4.78, 5) is 15.1. The van der Waals surface area contributed by atoms with E-state index >= 15 is 0 Å². The minimum Gasteiger partial charge on any atom is -0.232 e. The Labute approximate surface area is 354 Å². The first-order chi connectivity index (χ1) is 30.2. The molecule has 0 aliphatic rings. The molecule has 0 N–H and O–H groups in total. The number of aromatic nitrogens is 5. The summed E-state index contributed by atoms with van der Waals surface area (Å²) in [5, 5.41) is 8.80. The van der Waals surface area contributed by atoms with E-state index in [-0.39, 0.29) is 0 Å². The Hall–Kier alpha value is -8.28. The number of para-hydroxylation sites is 1. The first kappa shape index (κ1) is 35.8. The zero-order valence-corrected chi connectivity index (χ0v) is 33.1. The van der Waals surface area contributed by atoms with Crippen LogP contribution in [0, 0.1) is 0 Å². The van der Waals surface area contributed by atoms with Gasteiger partial charge in [-0.15, -0.1) is 0 Å². The van der Waals surface area contributed by atoms with Crippen molar-refractivity contribution in [2.75, 3.05) is 0 Å². The molecule has 0 fully saturated rings. The highest BCUT2D eigenvalue weighted by molar-refractivity contribution is 6.17. The summed E-state index contributed by atoms with van der Waals surface area (Å²) in [6.07, 6.45) is 0. The molecule has 0 saturated heterocycles. The molecule has 9 aromatic carbocycles. The summed E-state index contributed by atoms with van der Waals surface area (Å²) in [7, 11) is 0. The van der Waals surface area contributed by atoms with Crippen molar-refractivity contribution in [1.82, 2.24) is 24.7 Å². The van der Waals surface area contributed by atoms with E-state index in [9.17, 15) is 0 Å². The Morgan fingerprint density at radius 1 is 0.311 bits per heavy atom. The zero-order chi connectivity index (χ0) is 40.5. The summed E-state index contributed by atoms with van der Waals surface area (Å²) in [6, 6.07) is 78.1. The standard InChI is InChI=1S/C56H37N5/c1-5-17-38(18-6-1)44-25-16-27-47(36-44)56-58-54(41-21-9-3-10-22-41)57-55(59-56)42-33-31-39(32-34-42)43-24-15-26-45(35-43)50-37-46-23-13-14-30-49(46)53-51(50)52(40-19-7-2-8-20-40)60-61(53)48-28-11-4-12-29-48/h1-37H. The van der Waals surface area contributed by atoms with Gasteiger partial charge in [-0.25, -0.2) is 19.6 Å². The van der Waals surface area contributed by atoms with E-state index in [1.165, 1.54) is 0 Å². The van der Waals surface area contributed by atoms with E-state index in [1.54, 1.807) is 0 Å². The van der Waals surface area contributed by atoms with Crippen LogP contribution < -0.4 is 0 Å². The largest absolute Gasteiger partial charge is 0.232 e. The van der Waals surface area contributed by atoms with Gasteiger partial charge in [0.2, 0.25) is 0 Å². The highest BCUT2D eigenvalue weighted by Crippen LogP contribution is 2.42. The average Bonchev–Trinajstić information content (AvgIpc) is 3.76. The highest BCUT2D eigenvalue weighted by atomic mass is 15.3. The van der Waals surface area contributed by atoms with Crippen molar-refractivity contribution in [3.8, 4) is 84.5 Å². The van der Waals surface area contributed by atoms with Gasteiger partial charge in [0.05, 0.1) is 11.2 Å². The molecule has 0 unspecified atom stereocenters. The Kier molecular flexibility index (Phi) is 9.10. The maximum Gasteiger partial charge on any atom is 0.164 e. The molecule has 286 valence electrons. The molecule has 5 nitrogen and oxygen atoms in total. The third kappa shape index (κ3) is 6.84. The quantitative estimate of drug-likeness (QED) is 0.154. The SMILES string of the molecule is c1ccc(-c2cccc(-c3nc(-c4ccccc4)nc(-c4ccc(-c5cccc(-c6cc7ccccc7c7c6c(-c6ccccc6)nn7-c6ccccc6)c5)cc4)n3)c2)cc1. The van der Waals surface area contributed by atoms with Crippen molar-refractivity contribution >= 4 is 21.7 Å². The van der Waals surface area contributed by atoms with E-state index in [2.05, 4.69) is 187 Å². The van der Waals surface area contributed by atoms with Gasteiger partial charge in [-0.1, -0.05) is 194 Å². The van der Waals surface area contributed by atoms with Crippen LogP contribution in [-0.2, 0) is 0 Å². The van der Waals surface area contributed by atoms with Crippen molar-refractivity contribution in [2.24, 2.45) is 0 Å². The molecule has 0 aliphatic carbocycles. The van der Waals surface area contributed by atoms with Crippen molar-refractivity contribution in [3.63, 3.8) is 0 Å². The van der Waals surface area contributed by atoms with Gasteiger partial charge in [0.1, 0.15) is 5.69 Å². The van der Waals surface area contributed by atoms with Crippen LogP contribution in [0.2, 0.25) is 0 Å². The molecule has 0 atom stereocenters. The fourth-order valence-electron chi connectivity index (χ4n) is 8.27. The predicted molar refractivity (Wildman–Crippen MR) is 250 cm³/mol. The number of nitrogens with zero attached hydrogens (tertiary/aromatic N) is 5. The molecule has 11 rings (SSSR count). The minimum absolute atomic E-state index is 0.622. The summed E-state index contributed by atoms with van der Waals surface area (Å²) >= 11 is 0. The zero-order valence-electron chi connectivity index (χ0n) is 33.1. The molecule has 2 heterocycles. The normalized spacial score (nSPS) is 11.3. The average molecular weight is 780 g/mol. The molecule has 61 heavy (non-hydrogen) atoms. The molecule has 0 aliphatic heterocycles. The Morgan fingerprint density at radius 2 is 0.754 bits per heavy atom. The van der Waals surface area contributed by atoms with Crippen LogP contribution in [0.5, 0.6) is 0 Å². The summed E-state index contributed by atoms with van der Waals surface area (Å²) < 4.78 is 2.11. The molecule has 0 saturated carbocycles. The number of fused-ring (bicyclic) bond motifs is 3. The second kappa shape index (κ2) is 15.5. The second-order valence-electron chi connectivity index (χ2n) is 15.1. The highest BCUT2D eigenvalue weighted by Gasteiger charge is 2.21. The van der Waals surface area contributed by atoms with Gasteiger partial charge >= 0.3 is 0 Å². The van der Waals surface area contributed by atoms with Gasteiger partial charge in [0.25, 0.3) is 0 Å². The third-order valence-electron chi connectivity index (χ3n) is 11.3. The Bertz CT molecular complexity index is 3330. The maximum atomic E-state index is 5.35. The lowest BCUT2D eigenvalue weighted by molar-refractivity contribution is 0.918. The number of hydrogen-bond acceptors (Lipinski definition) is 4. The van der Waals surface area contributed by atoms with Crippen LogP contribution in [0.1, 0.15) is 0 Å². The van der Waals surface area contributed by atoms with Gasteiger partial charge < -0.3 is 0 Å². The lowest BCUT2D eigenvalue weighted by Gasteiger charge is -2.13. The monoisotopic (exact) mass is 779 g/mol. The first-order valence-electron chi connectivity index (χ1n) is 20.5. The molecule has 5 heteroatoms. The van der Waals surface area contributed by atoms with Crippen molar-refractivity contribution < 1.29 is 0 Å². The second-order valence-corrected chi connectivity index (χ2v) is 15.1. The lowest BCUT2D eigenvalue weighted by atomic mass is 9.92. The molecule has 0 bridgehead atoms. The summed E-state index contributed by atoms with van der Waals surface area (Å²) in [6.45, 7) is 0. The minimum atomic E-state index is 0.622. The molecule has 0 radical (unpaired) electrons. The van der Waals surface area contributed by atoms with Crippen LogP contribution in [0.4, 0.5) is 0 Å². The first-order valence-corrected chi connectivity index (χ1v) is 20.5. The van der Waals surface area contributed by atoms with Gasteiger partial charge in [-0.3, -0.25) is 0 Å². The van der Waals surface area contributed by atoms with Crippen LogP contribution >= 0.6 is 0 Å². The van der Waals surface area contributed by atoms with Crippen LogP contribution in [0.15, 0.2) is 224 Å². The van der Waals surface area contributed by atoms with Crippen LogP contribution in [0.3, 0.4) is 0 Å². The van der Waals surface area contributed by atoms with Gasteiger partial charge in [0, 0.05) is 33.0 Å². The van der Waals surface area contributed by atoms with Crippen molar-refractivity contribution in [1.29, 1.82) is 0 Å². The fourth-order valence-corrected chi connectivity index (χ4v) is 8.27.